The third kappa shape index (κ3) is 2.86. The van der Waals surface area contributed by atoms with Crippen molar-refractivity contribution < 1.29 is 14.4 Å². The van der Waals surface area contributed by atoms with Crippen molar-refractivity contribution in [3.63, 3.8) is 0 Å². The van der Waals surface area contributed by atoms with Crippen LogP contribution in [0.1, 0.15) is 23.1 Å². The average molecular weight is 384 g/mol. The molecule has 1 spiro atoms. The lowest BCUT2D eigenvalue weighted by molar-refractivity contribution is -0.134. The second-order valence-electron chi connectivity index (χ2n) is 6.90. The number of rotatable bonds is 3. The van der Waals surface area contributed by atoms with E-state index in [0.717, 1.165) is 21.6 Å². The SMILES string of the molecule is Cc1ccc(NC(=O)CN2C(=O)N[C@]3(CCc4ccccc43)C2=O)cc1Cl. The van der Waals surface area contributed by atoms with Crippen LogP contribution in [0.4, 0.5) is 10.5 Å². The molecule has 2 aliphatic rings. The molecule has 0 saturated carbocycles. The molecule has 138 valence electrons. The fourth-order valence-corrected chi connectivity index (χ4v) is 3.93. The number of fused-ring (bicyclic) bond motifs is 2. The first kappa shape index (κ1) is 17.5. The molecule has 7 heteroatoms. The quantitative estimate of drug-likeness (QED) is 0.800. The molecule has 0 aromatic heterocycles. The van der Waals surface area contributed by atoms with Crippen LogP contribution in [-0.2, 0) is 21.5 Å². The molecule has 0 unspecified atom stereocenters. The minimum Gasteiger partial charge on any atom is -0.324 e. The van der Waals surface area contributed by atoms with Crippen LogP contribution in [-0.4, -0.2) is 29.3 Å². The largest absolute Gasteiger partial charge is 0.325 e. The lowest BCUT2D eigenvalue weighted by Crippen LogP contribution is -2.43. The minimum absolute atomic E-state index is 0.347. The number of benzene rings is 2. The van der Waals surface area contributed by atoms with E-state index in [-0.39, 0.29) is 12.5 Å². The highest BCUT2D eigenvalue weighted by molar-refractivity contribution is 6.31. The molecule has 4 amide bonds. The normalized spacial score (nSPS) is 20.7. The maximum Gasteiger partial charge on any atom is 0.325 e. The Bertz CT molecular complexity index is 975. The van der Waals surface area contributed by atoms with Crippen LogP contribution in [0.2, 0.25) is 5.02 Å². The Kier molecular flexibility index (Phi) is 4.15. The Morgan fingerprint density at radius 1 is 1.26 bits per heavy atom. The fraction of sp³-hybridized carbons (Fsp3) is 0.250. The van der Waals surface area contributed by atoms with Crippen molar-refractivity contribution in [3.05, 3.63) is 64.2 Å². The summed E-state index contributed by atoms with van der Waals surface area (Å²) in [5.74, 6) is -0.837. The van der Waals surface area contributed by atoms with Gasteiger partial charge >= 0.3 is 6.03 Å². The van der Waals surface area contributed by atoms with E-state index in [1.54, 1.807) is 18.2 Å². The maximum absolute atomic E-state index is 13.0. The lowest BCUT2D eigenvalue weighted by atomic mass is 9.92. The fourth-order valence-electron chi connectivity index (χ4n) is 3.75. The number of hydrogen-bond acceptors (Lipinski definition) is 3. The lowest BCUT2D eigenvalue weighted by Gasteiger charge is -2.22. The molecule has 4 rings (SSSR count). The van der Waals surface area contributed by atoms with Gasteiger partial charge in [-0.15, -0.1) is 0 Å². The molecule has 1 aliphatic carbocycles. The van der Waals surface area contributed by atoms with Crippen molar-refractivity contribution in [2.75, 3.05) is 11.9 Å². The number of urea groups is 1. The predicted molar refractivity (Wildman–Crippen MR) is 102 cm³/mol. The average Bonchev–Trinajstić information content (AvgIpc) is 3.12. The first-order valence-electron chi connectivity index (χ1n) is 8.69. The number of imide groups is 1. The molecule has 1 aliphatic heterocycles. The monoisotopic (exact) mass is 383 g/mol. The number of carbonyl (C=O) groups is 3. The highest BCUT2D eigenvalue weighted by atomic mass is 35.5. The van der Waals surface area contributed by atoms with E-state index >= 15 is 0 Å². The smallest absolute Gasteiger partial charge is 0.324 e. The zero-order valence-corrected chi connectivity index (χ0v) is 15.5. The molecule has 1 heterocycles. The number of nitrogens with zero attached hydrogens (tertiary/aromatic N) is 1. The zero-order valence-electron chi connectivity index (χ0n) is 14.7. The van der Waals surface area contributed by atoms with E-state index in [1.807, 2.05) is 31.2 Å². The third-order valence-electron chi connectivity index (χ3n) is 5.18. The second kappa shape index (κ2) is 6.39. The molecule has 6 nitrogen and oxygen atoms in total. The number of anilines is 1. The van der Waals surface area contributed by atoms with Gasteiger partial charge in [0, 0.05) is 10.7 Å². The van der Waals surface area contributed by atoms with Gasteiger partial charge in [0.15, 0.2) is 0 Å². The molecule has 27 heavy (non-hydrogen) atoms. The van der Waals surface area contributed by atoms with Crippen molar-refractivity contribution in [3.8, 4) is 0 Å². The van der Waals surface area contributed by atoms with E-state index in [9.17, 15) is 14.4 Å². The van der Waals surface area contributed by atoms with Crippen LogP contribution < -0.4 is 10.6 Å². The number of carbonyl (C=O) groups excluding carboxylic acids is 3. The summed E-state index contributed by atoms with van der Waals surface area (Å²) >= 11 is 6.06. The van der Waals surface area contributed by atoms with Gasteiger partial charge in [-0.2, -0.15) is 0 Å². The molecular formula is C20H18ClN3O3. The summed E-state index contributed by atoms with van der Waals surface area (Å²) in [5.41, 5.74) is 2.22. The summed E-state index contributed by atoms with van der Waals surface area (Å²) < 4.78 is 0. The molecule has 2 N–H and O–H groups in total. The van der Waals surface area contributed by atoms with Gasteiger partial charge in [-0.3, -0.25) is 14.5 Å². The highest BCUT2D eigenvalue weighted by Crippen LogP contribution is 2.41. The van der Waals surface area contributed by atoms with E-state index in [1.165, 1.54) is 0 Å². The van der Waals surface area contributed by atoms with E-state index in [0.29, 0.717) is 23.6 Å². The Balaban J connectivity index is 1.52. The van der Waals surface area contributed by atoms with Crippen molar-refractivity contribution in [1.29, 1.82) is 0 Å². The number of hydrogen-bond donors (Lipinski definition) is 2. The van der Waals surface area contributed by atoms with Gasteiger partial charge in [0.05, 0.1) is 0 Å². The Hall–Kier alpha value is -2.86. The van der Waals surface area contributed by atoms with Crippen LogP contribution in [0.25, 0.3) is 0 Å². The highest BCUT2D eigenvalue weighted by Gasteiger charge is 2.55. The summed E-state index contributed by atoms with van der Waals surface area (Å²) in [6, 6.07) is 12.2. The van der Waals surface area contributed by atoms with Gasteiger partial charge in [-0.25, -0.2) is 4.79 Å². The van der Waals surface area contributed by atoms with Gasteiger partial charge in [-0.1, -0.05) is 41.9 Å². The van der Waals surface area contributed by atoms with Gasteiger partial charge in [0.2, 0.25) is 5.91 Å². The molecule has 1 fully saturated rings. The van der Waals surface area contributed by atoms with E-state index in [4.69, 9.17) is 11.6 Å². The van der Waals surface area contributed by atoms with E-state index < -0.39 is 17.5 Å². The summed E-state index contributed by atoms with van der Waals surface area (Å²) in [6.45, 7) is 1.51. The minimum atomic E-state index is -1.05. The summed E-state index contributed by atoms with van der Waals surface area (Å²) in [5, 5.41) is 6.02. The first-order chi connectivity index (χ1) is 12.9. The predicted octanol–water partition coefficient (Wildman–Crippen LogP) is 2.98. The maximum atomic E-state index is 13.0. The third-order valence-corrected chi connectivity index (χ3v) is 5.59. The molecule has 1 saturated heterocycles. The van der Waals surface area contributed by atoms with Gasteiger partial charge in [-0.05, 0) is 48.6 Å². The Morgan fingerprint density at radius 3 is 2.81 bits per heavy atom. The van der Waals surface area contributed by atoms with Crippen LogP contribution >= 0.6 is 11.6 Å². The molecule has 1 atom stereocenters. The Morgan fingerprint density at radius 2 is 2.04 bits per heavy atom. The number of amides is 4. The van der Waals surface area contributed by atoms with Crippen LogP contribution in [0.15, 0.2) is 42.5 Å². The van der Waals surface area contributed by atoms with Crippen LogP contribution in [0.3, 0.4) is 0 Å². The summed E-state index contributed by atoms with van der Waals surface area (Å²) in [4.78, 5) is 38.8. The number of aryl methyl sites for hydroxylation is 2. The summed E-state index contributed by atoms with van der Waals surface area (Å²) in [7, 11) is 0. The zero-order chi connectivity index (χ0) is 19.2. The number of nitrogens with one attached hydrogen (secondary N) is 2. The molecule has 2 aromatic rings. The number of halogens is 1. The molecular weight excluding hydrogens is 366 g/mol. The van der Waals surface area contributed by atoms with Crippen LogP contribution in [0.5, 0.6) is 0 Å². The molecule has 0 radical (unpaired) electrons. The van der Waals surface area contributed by atoms with Crippen LogP contribution in [0, 0.1) is 6.92 Å². The Labute approximate surface area is 161 Å². The standard InChI is InChI=1S/C20H18ClN3O3/c1-12-6-7-14(10-16(12)21)22-17(25)11-24-18(26)20(23-19(24)27)9-8-13-4-2-3-5-15(13)20/h2-7,10H,8-9,11H2,1H3,(H,22,25)(H,23,27)/t20-/m0/s1. The topological polar surface area (TPSA) is 78.5 Å². The van der Waals surface area contributed by atoms with E-state index in [2.05, 4.69) is 10.6 Å². The van der Waals surface area contributed by atoms with Crippen molar-refractivity contribution in [1.82, 2.24) is 10.2 Å². The first-order valence-corrected chi connectivity index (χ1v) is 9.07. The van der Waals surface area contributed by atoms with Gasteiger partial charge in [0.1, 0.15) is 12.1 Å². The van der Waals surface area contributed by atoms with Crippen molar-refractivity contribution in [2.45, 2.75) is 25.3 Å². The van der Waals surface area contributed by atoms with Crippen molar-refractivity contribution in [2.24, 2.45) is 0 Å². The van der Waals surface area contributed by atoms with Gasteiger partial charge < -0.3 is 10.6 Å². The van der Waals surface area contributed by atoms with Crippen molar-refractivity contribution >= 4 is 35.1 Å². The van der Waals surface area contributed by atoms with Gasteiger partial charge in [0.25, 0.3) is 5.91 Å². The molecule has 0 bridgehead atoms. The molecule has 2 aromatic carbocycles. The second-order valence-corrected chi connectivity index (χ2v) is 7.30. The summed E-state index contributed by atoms with van der Waals surface area (Å²) in [6.07, 6.45) is 1.21.